The molecule has 0 saturated carbocycles. The Morgan fingerprint density at radius 2 is 1.53 bits per heavy atom. The molecule has 86 valence electrons. The summed E-state index contributed by atoms with van der Waals surface area (Å²) in [6.07, 6.45) is 6.10. The van der Waals surface area contributed by atoms with Crippen molar-refractivity contribution in [1.29, 1.82) is 0 Å². The number of allylic oxidation sites excluding steroid dienone is 4. The SMILES string of the molecule is CC1=CC(C(C)(C)C)C=C(C(C)(C)C)C1. The Balaban J connectivity index is 3.01. The Hall–Kier alpha value is -0.520. The van der Waals surface area contributed by atoms with Crippen molar-refractivity contribution in [2.24, 2.45) is 16.7 Å². The van der Waals surface area contributed by atoms with Crippen molar-refractivity contribution >= 4 is 0 Å². The van der Waals surface area contributed by atoms with E-state index in [2.05, 4.69) is 60.6 Å². The Labute approximate surface area is 95.5 Å². The van der Waals surface area contributed by atoms with E-state index in [1.807, 2.05) is 0 Å². The van der Waals surface area contributed by atoms with Crippen LogP contribution in [-0.2, 0) is 0 Å². The van der Waals surface area contributed by atoms with Crippen molar-refractivity contribution < 1.29 is 0 Å². The van der Waals surface area contributed by atoms with Crippen LogP contribution in [0.5, 0.6) is 0 Å². The highest BCUT2D eigenvalue weighted by Gasteiger charge is 2.27. The van der Waals surface area contributed by atoms with Gasteiger partial charge in [-0.05, 0) is 24.2 Å². The lowest BCUT2D eigenvalue weighted by molar-refractivity contribution is 0.331. The fraction of sp³-hybridized carbons (Fsp3) is 0.733. The van der Waals surface area contributed by atoms with Crippen LogP contribution in [0.2, 0.25) is 0 Å². The van der Waals surface area contributed by atoms with Crippen LogP contribution < -0.4 is 0 Å². The Bertz CT molecular complexity index is 289. The van der Waals surface area contributed by atoms with E-state index >= 15 is 0 Å². The molecule has 1 aliphatic rings. The second-order valence-electron chi connectivity index (χ2n) is 7.02. The molecule has 0 aliphatic heterocycles. The molecule has 0 fully saturated rings. The lowest BCUT2D eigenvalue weighted by atomic mass is 9.71. The van der Waals surface area contributed by atoms with Crippen LogP contribution in [-0.4, -0.2) is 0 Å². The monoisotopic (exact) mass is 206 g/mol. The van der Waals surface area contributed by atoms with Crippen LogP contribution >= 0.6 is 0 Å². The highest BCUT2D eigenvalue weighted by molar-refractivity contribution is 5.28. The van der Waals surface area contributed by atoms with Gasteiger partial charge >= 0.3 is 0 Å². The number of rotatable bonds is 0. The minimum Gasteiger partial charge on any atom is -0.0778 e. The van der Waals surface area contributed by atoms with Crippen molar-refractivity contribution in [2.45, 2.75) is 54.9 Å². The molecule has 0 radical (unpaired) electrons. The summed E-state index contributed by atoms with van der Waals surface area (Å²) < 4.78 is 0. The van der Waals surface area contributed by atoms with Gasteiger partial charge < -0.3 is 0 Å². The molecule has 0 aromatic rings. The van der Waals surface area contributed by atoms with Gasteiger partial charge in [0.05, 0.1) is 0 Å². The predicted molar refractivity (Wildman–Crippen MR) is 68.9 cm³/mol. The molecule has 1 rings (SSSR count). The van der Waals surface area contributed by atoms with Gasteiger partial charge in [-0.15, -0.1) is 0 Å². The summed E-state index contributed by atoms with van der Waals surface area (Å²) in [6, 6.07) is 0. The molecule has 0 heteroatoms. The smallest absolute Gasteiger partial charge is 0.0000814 e. The van der Waals surface area contributed by atoms with Crippen LogP contribution in [0.4, 0.5) is 0 Å². The third kappa shape index (κ3) is 3.22. The standard InChI is InChI=1S/C15H26/c1-11-8-12(14(2,3)4)10-13(9-11)15(5,6)7/h8,10,12H,9H2,1-7H3. The normalized spacial score (nSPS) is 23.5. The largest absolute Gasteiger partial charge is 0.0778 e. The first kappa shape index (κ1) is 12.5. The van der Waals surface area contributed by atoms with Crippen molar-refractivity contribution in [3.63, 3.8) is 0 Å². The van der Waals surface area contributed by atoms with Crippen LogP contribution in [0.1, 0.15) is 54.9 Å². The Morgan fingerprint density at radius 1 is 1.00 bits per heavy atom. The van der Waals surface area contributed by atoms with Gasteiger partial charge in [-0.3, -0.25) is 0 Å². The minimum absolute atomic E-state index is 0.318. The molecule has 0 heterocycles. The summed E-state index contributed by atoms with van der Waals surface area (Å²) in [5, 5.41) is 0. The molecule has 0 nitrogen and oxygen atoms in total. The summed E-state index contributed by atoms with van der Waals surface area (Å²) in [7, 11) is 0. The molecule has 0 bridgehead atoms. The summed E-state index contributed by atoms with van der Waals surface area (Å²) in [5.74, 6) is 0.598. The van der Waals surface area contributed by atoms with Gasteiger partial charge in [0.15, 0.2) is 0 Å². The molecule has 0 aromatic heterocycles. The number of hydrogen-bond donors (Lipinski definition) is 0. The maximum atomic E-state index is 2.49. The van der Waals surface area contributed by atoms with Crippen LogP contribution in [0, 0.1) is 16.7 Å². The Kier molecular flexibility index (Phi) is 3.19. The van der Waals surface area contributed by atoms with Crippen molar-refractivity contribution in [2.75, 3.05) is 0 Å². The highest BCUT2D eigenvalue weighted by Crippen LogP contribution is 2.40. The molecule has 1 atom stereocenters. The van der Waals surface area contributed by atoms with Crippen LogP contribution in [0.25, 0.3) is 0 Å². The highest BCUT2D eigenvalue weighted by atomic mass is 14.3. The summed E-state index contributed by atoms with van der Waals surface area (Å²) in [4.78, 5) is 0. The third-order valence-electron chi connectivity index (χ3n) is 3.28. The van der Waals surface area contributed by atoms with Crippen LogP contribution in [0.3, 0.4) is 0 Å². The van der Waals surface area contributed by atoms with Crippen molar-refractivity contribution in [1.82, 2.24) is 0 Å². The van der Waals surface area contributed by atoms with Crippen LogP contribution in [0.15, 0.2) is 23.3 Å². The van der Waals surface area contributed by atoms with Crippen molar-refractivity contribution in [3.05, 3.63) is 23.3 Å². The molecule has 0 N–H and O–H groups in total. The summed E-state index contributed by atoms with van der Waals surface area (Å²) in [6.45, 7) is 16.2. The summed E-state index contributed by atoms with van der Waals surface area (Å²) >= 11 is 0. The molecular formula is C15H26. The van der Waals surface area contributed by atoms with E-state index in [4.69, 9.17) is 0 Å². The van der Waals surface area contributed by atoms with E-state index in [-0.39, 0.29) is 0 Å². The van der Waals surface area contributed by atoms with Gasteiger partial charge in [-0.2, -0.15) is 0 Å². The minimum atomic E-state index is 0.318. The molecule has 0 spiro atoms. The maximum Gasteiger partial charge on any atom is 0.0000814 e. The first-order valence-corrected chi connectivity index (χ1v) is 5.99. The van der Waals surface area contributed by atoms with E-state index in [1.54, 1.807) is 5.57 Å². The topological polar surface area (TPSA) is 0 Å². The average molecular weight is 206 g/mol. The molecule has 0 saturated heterocycles. The van der Waals surface area contributed by atoms with Gasteiger partial charge in [0, 0.05) is 5.92 Å². The average Bonchev–Trinajstić information content (AvgIpc) is 1.99. The van der Waals surface area contributed by atoms with Crippen molar-refractivity contribution in [3.8, 4) is 0 Å². The van der Waals surface area contributed by atoms with Gasteiger partial charge in [-0.1, -0.05) is 64.8 Å². The zero-order chi connectivity index (χ0) is 11.9. The zero-order valence-electron chi connectivity index (χ0n) is 11.4. The molecule has 0 aromatic carbocycles. The summed E-state index contributed by atoms with van der Waals surface area (Å²) in [5.41, 5.74) is 3.79. The van der Waals surface area contributed by atoms with E-state index in [1.165, 1.54) is 5.57 Å². The van der Waals surface area contributed by atoms with E-state index in [0.29, 0.717) is 16.7 Å². The molecule has 1 unspecified atom stereocenters. The molecular weight excluding hydrogens is 180 g/mol. The number of hydrogen-bond acceptors (Lipinski definition) is 0. The first-order chi connectivity index (χ1) is 6.60. The lowest BCUT2D eigenvalue weighted by Crippen LogP contribution is -2.22. The quantitative estimate of drug-likeness (QED) is 0.491. The van der Waals surface area contributed by atoms with E-state index < -0.39 is 0 Å². The lowest BCUT2D eigenvalue weighted by Gasteiger charge is -2.34. The fourth-order valence-corrected chi connectivity index (χ4v) is 2.00. The molecule has 15 heavy (non-hydrogen) atoms. The van der Waals surface area contributed by atoms with Gasteiger partial charge in [0.1, 0.15) is 0 Å². The molecule has 1 aliphatic carbocycles. The zero-order valence-corrected chi connectivity index (χ0v) is 11.4. The van der Waals surface area contributed by atoms with Gasteiger partial charge in [0.2, 0.25) is 0 Å². The molecule has 0 amide bonds. The first-order valence-electron chi connectivity index (χ1n) is 5.99. The van der Waals surface area contributed by atoms with Gasteiger partial charge in [-0.25, -0.2) is 0 Å². The van der Waals surface area contributed by atoms with E-state index in [9.17, 15) is 0 Å². The van der Waals surface area contributed by atoms with Gasteiger partial charge in [0.25, 0.3) is 0 Å². The second kappa shape index (κ2) is 3.81. The Morgan fingerprint density at radius 3 is 1.93 bits per heavy atom. The third-order valence-corrected chi connectivity index (χ3v) is 3.28. The maximum absolute atomic E-state index is 2.49. The van der Waals surface area contributed by atoms with E-state index in [0.717, 1.165) is 6.42 Å². The predicted octanol–water partition coefficient (Wildman–Crippen LogP) is 4.97. The fourth-order valence-electron chi connectivity index (χ4n) is 2.00. The second-order valence-corrected chi connectivity index (χ2v) is 7.02.